The number of hydrogen-bond acceptors (Lipinski definition) is 10. The lowest BCUT2D eigenvalue weighted by atomic mass is 9.99. The van der Waals surface area contributed by atoms with Gasteiger partial charge in [0.2, 0.25) is 5.91 Å². The summed E-state index contributed by atoms with van der Waals surface area (Å²) in [6.07, 6.45) is 57.6. The summed E-state index contributed by atoms with van der Waals surface area (Å²) in [4.78, 5) is 26.5. The molecule has 1 amide bonds. The van der Waals surface area contributed by atoms with Crippen LogP contribution in [-0.2, 0) is 23.8 Å². The van der Waals surface area contributed by atoms with Crippen LogP contribution in [0, 0.1) is 0 Å². The molecule has 1 aliphatic rings. The van der Waals surface area contributed by atoms with Gasteiger partial charge in [0.1, 0.15) is 24.4 Å². The maximum atomic E-state index is 13.4. The second kappa shape index (κ2) is 52.5. The average Bonchev–Trinajstić information content (AvgIpc) is 3.42. The van der Waals surface area contributed by atoms with E-state index in [9.17, 15) is 35.1 Å². The van der Waals surface area contributed by atoms with Gasteiger partial charge in [-0.25, -0.2) is 0 Å². The summed E-state index contributed by atoms with van der Waals surface area (Å²) in [6.45, 7) is 5.65. The fourth-order valence-corrected chi connectivity index (χ4v) is 9.18. The van der Waals surface area contributed by atoms with Crippen LogP contribution in [0.5, 0.6) is 0 Å². The summed E-state index contributed by atoms with van der Waals surface area (Å²) < 4.78 is 17.6. The van der Waals surface area contributed by atoms with Crippen molar-refractivity contribution in [2.75, 3.05) is 13.2 Å². The van der Waals surface area contributed by atoms with Crippen LogP contribution in [0.4, 0.5) is 0 Å². The Morgan fingerprint density at radius 3 is 1.42 bits per heavy atom. The zero-order valence-corrected chi connectivity index (χ0v) is 48.3. The number of hydrogen-bond donors (Lipinski definition) is 6. The number of carbonyl (C=O) groups is 2. The topological polar surface area (TPSA) is 175 Å². The van der Waals surface area contributed by atoms with E-state index in [2.05, 4.69) is 99.0 Å². The molecule has 0 bridgehead atoms. The highest BCUT2D eigenvalue weighted by Gasteiger charge is 2.47. The molecule has 8 unspecified atom stereocenters. The SMILES string of the molecule is CC/C=C\C/C=C\C/C=C\C/C=C\C/C=C\C/C=C\CCCCCCC(=O)OC1C(OCC(NC(=O)C(O)CCCCCCCCCCCCCCC)C(O)/C=C/CCCCCCCCCCC)OC(CO)C(O)C1O. The smallest absolute Gasteiger partial charge is 0.306 e. The van der Waals surface area contributed by atoms with Crippen LogP contribution in [0.1, 0.15) is 252 Å². The Morgan fingerprint density at radius 2 is 0.947 bits per heavy atom. The molecule has 1 aliphatic heterocycles. The molecule has 438 valence electrons. The van der Waals surface area contributed by atoms with Crippen molar-refractivity contribution in [3.05, 3.63) is 85.1 Å². The van der Waals surface area contributed by atoms with Gasteiger partial charge in [0, 0.05) is 6.42 Å². The molecule has 11 nitrogen and oxygen atoms in total. The van der Waals surface area contributed by atoms with Crippen LogP contribution in [0.15, 0.2) is 85.1 Å². The summed E-state index contributed by atoms with van der Waals surface area (Å²) in [5.74, 6) is -1.22. The van der Waals surface area contributed by atoms with Crippen molar-refractivity contribution in [2.45, 2.75) is 301 Å². The van der Waals surface area contributed by atoms with Gasteiger partial charge in [-0.2, -0.15) is 0 Å². The van der Waals surface area contributed by atoms with E-state index in [0.717, 1.165) is 103 Å². The number of unbranched alkanes of at least 4 members (excludes halogenated alkanes) is 25. The number of amides is 1. The molecule has 8 atom stereocenters. The number of aliphatic hydroxyl groups excluding tert-OH is 5. The molecule has 76 heavy (non-hydrogen) atoms. The largest absolute Gasteiger partial charge is 0.454 e. The first-order valence-electron chi connectivity index (χ1n) is 30.9. The quantitative estimate of drug-likeness (QED) is 0.0195. The monoisotopic (exact) mass is 1070 g/mol. The zero-order chi connectivity index (χ0) is 55.4. The molecule has 6 N–H and O–H groups in total. The molecule has 0 aromatic carbocycles. The van der Waals surface area contributed by atoms with E-state index in [0.29, 0.717) is 12.8 Å². The van der Waals surface area contributed by atoms with Crippen molar-refractivity contribution in [2.24, 2.45) is 0 Å². The normalized spacial score (nSPS) is 19.7. The van der Waals surface area contributed by atoms with Gasteiger partial charge in [-0.1, -0.05) is 254 Å². The second-order valence-corrected chi connectivity index (χ2v) is 21.1. The van der Waals surface area contributed by atoms with Crippen LogP contribution in [-0.4, -0.2) is 99.6 Å². The molecule has 1 heterocycles. The number of carbonyl (C=O) groups excluding carboxylic acids is 2. The number of esters is 1. The Balaban J connectivity index is 2.66. The van der Waals surface area contributed by atoms with Gasteiger partial charge < -0.3 is 45.1 Å². The van der Waals surface area contributed by atoms with E-state index in [-0.39, 0.29) is 19.4 Å². The standard InChI is InChI=1S/C65H113NO10/c1-4-7-10-13-16-19-22-24-25-26-27-28-29-30-31-32-33-35-38-41-44-47-50-53-60(70)76-63-62(72)61(71)59(54-67)75-65(63)74-55-56(57(68)51-48-45-42-39-36-21-18-15-12-9-6-3)66-64(73)58(69)52-49-46-43-40-37-34-23-20-17-14-11-8-5-2/h7,10,16,19,24-25,27-28,30-31,33,35,48,51,56-59,61-63,65,67-69,71-72H,4-6,8-9,11-15,17-18,20-23,26,29,32,34,36-47,49-50,52-55H2,1-3H3,(H,66,73)/b10-7-,19-16-,25-24-,28-27-,31-30-,35-33-,51-48+. The number of rotatable bonds is 51. The van der Waals surface area contributed by atoms with Gasteiger partial charge in [0.25, 0.3) is 0 Å². The van der Waals surface area contributed by atoms with Crippen LogP contribution in [0.3, 0.4) is 0 Å². The van der Waals surface area contributed by atoms with Crippen molar-refractivity contribution < 1.29 is 49.3 Å². The van der Waals surface area contributed by atoms with Crippen molar-refractivity contribution >= 4 is 11.9 Å². The third-order valence-corrected chi connectivity index (χ3v) is 14.1. The molecule has 1 saturated heterocycles. The first kappa shape index (κ1) is 70.9. The fraction of sp³-hybridized carbons (Fsp3) is 0.754. The molecule has 0 aliphatic carbocycles. The van der Waals surface area contributed by atoms with E-state index in [4.69, 9.17) is 14.2 Å². The van der Waals surface area contributed by atoms with E-state index in [1.807, 2.05) is 6.08 Å². The van der Waals surface area contributed by atoms with Gasteiger partial charge in [0.05, 0.1) is 25.4 Å². The van der Waals surface area contributed by atoms with Crippen LogP contribution < -0.4 is 5.32 Å². The minimum atomic E-state index is -1.63. The van der Waals surface area contributed by atoms with E-state index in [1.54, 1.807) is 6.08 Å². The van der Waals surface area contributed by atoms with Crippen LogP contribution >= 0.6 is 0 Å². The molecule has 0 spiro atoms. The summed E-state index contributed by atoms with van der Waals surface area (Å²) in [5, 5.41) is 56.9. The predicted octanol–water partition coefficient (Wildman–Crippen LogP) is 14.6. The first-order chi connectivity index (χ1) is 37.2. The highest BCUT2D eigenvalue weighted by atomic mass is 16.7. The van der Waals surface area contributed by atoms with E-state index < -0.39 is 67.4 Å². The molecule has 0 saturated carbocycles. The highest BCUT2D eigenvalue weighted by Crippen LogP contribution is 2.26. The third-order valence-electron chi connectivity index (χ3n) is 14.1. The molecular weight excluding hydrogens is 955 g/mol. The minimum absolute atomic E-state index is 0.0909. The van der Waals surface area contributed by atoms with Gasteiger partial charge in [-0.05, 0) is 77.0 Å². The molecule has 0 aromatic rings. The van der Waals surface area contributed by atoms with Crippen molar-refractivity contribution in [3.8, 4) is 0 Å². The Kier molecular flexibility index (Phi) is 49.0. The Morgan fingerprint density at radius 1 is 0.526 bits per heavy atom. The number of ether oxygens (including phenoxy) is 3. The summed E-state index contributed by atoms with van der Waals surface area (Å²) in [7, 11) is 0. The lowest BCUT2D eigenvalue weighted by molar-refractivity contribution is -0.305. The lowest BCUT2D eigenvalue weighted by Crippen LogP contribution is -2.61. The molecule has 0 radical (unpaired) electrons. The maximum absolute atomic E-state index is 13.4. The maximum Gasteiger partial charge on any atom is 0.306 e. The first-order valence-corrected chi connectivity index (χ1v) is 30.9. The van der Waals surface area contributed by atoms with Crippen molar-refractivity contribution in [3.63, 3.8) is 0 Å². The van der Waals surface area contributed by atoms with Crippen molar-refractivity contribution in [1.82, 2.24) is 5.32 Å². The van der Waals surface area contributed by atoms with Crippen LogP contribution in [0.2, 0.25) is 0 Å². The zero-order valence-electron chi connectivity index (χ0n) is 48.3. The Hall–Kier alpha value is -3.16. The molecule has 1 fully saturated rings. The fourth-order valence-electron chi connectivity index (χ4n) is 9.18. The second-order valence-electron chi connectivity index (χ2n) is 21.1. The molecule has 1 rings (SSSR count). The number of aliphatic hydroxyl groups is 5. The number of nitrogens with one attached hydrogen (secondary N) is 1. The Labute approximate surface area is 463 Å². The lowest BCUT2D eigenvalue weighted by Gasteiger charge is -2.41. The molecule has 0 aromatic heterocycles. The third kappa shape index (κ3) is 40.1. The summed E-state index contributed by atoms with van der Waals surface area (Å²) in [5.41, 5.74) is 0. The number of allylic oxidation sites excluding steroid dienone is 13. The van der Waals surface area contributed by atoms with Gasteiger partial charge in [-0.3, -0.25) is 9.59 Å². The van der Waals surface area contributed by atoms with Crippen LogP contribution in [0.25, 0.3) is 0 Å². The van der Waals surface area contributed by atoms with Gasteiger partial charge >= 0.3 is 5.97 Å². The van der Waals surface area contributed by atoms with E-state index >= 15 is 0 Å². The highest BCUT2D eigenvalue weighted by molar-refractivity contribution is 5.80. The average molecular weight is 1070 g/mol. The van der Waals surface area contributed by atoms with Crippen molar-refractivity contribution in [1.29, 1.82) is 0 Å². The molecule has 11 heteroatoms. The molecular formula is C65H113NO10. The van der Waals surface area contributed by atoms with Gasteiger partial charge in [0.15, 0.2) is 12.4 Å². The van der Waals surface area contributed by atoms with E-state index in [1.165, 1.54) is 103 Å². The summed E-state index contributed by atoms with van der Waals surface area (Å²) in [6, 6.07) is -1.03. The van der Waals surface area contributed by atoms with Gasteiger partial charge in [-0.15, -0.1) is 0 Å². The predicted molar refractivity (Wildman–Crippen MR) is 315 cm³/mol. The summed E-state index contributed by atoms with van der Waals surface area (Å²) >= 11 is 0. The Bertz CT molecular complexity index is 1560. The minimum Gasteiger partial charge on any atom is -0.454 e.